The summed E-state index contributed by atoms with van der Waals surface area (Å²) in [5.74, 6) is -0.506. The van der Waals surface area contributed by atoms with Crippen LogP contribution < -0.4 is 16.2 Å². The molecule has 88 valence electrons. The normalized spacial score (nSPS) is 12.2. The number of ether oxygens (including phenoxy) is 1. The Labute approximate surface area is 93.4 Å². The molecule has 4 N–H and O–H groups in total. The van der Waals surface area contributed by atoms with Crippen molar-refractivity contribution in [2.24, 2.45) is 11.5 Å². The third-order valence-electron chi connectivity index (χ3n) is 2.07. The average Bonchev–Trinajstić information content (AvgIpc) is 2.16. The minimum Gasteiger partial charge on any atom is -0.493 e. The molecule has 1 rings (SSSR count). The summed E-state index contributed by atoms with van der Waals surface area (Å²) >= 11 is 0. The molecule has 0 aliphatic carbocycles. The molecule has 0 bridgehead atoms. The van der Waals surface area contributed by atoms with Crippen LogP contribution in [0, 0.1) is 5.82 Å². The molecule has 0 heterocycles. The van der Waals surface area contributed by atoms with Crippen LogP contribution in [0.25, 0.3) is 0 Å². The highest BCUT2D eigenvalue weighted by Crippen LogP contribution is 2.24. The maximum Gasteiger partial charge on any atom is 0.220 e. The molecular weight excluding hydrogens is 211 g/mol. The van der Waals surface area contributed by atoms with Gasteiger partial charge < -0.3 is 16.2 Å². The highest BCUT2D eigenvalue weighted by atomic mass is 19.1. The van der Waals surface area contributed by atoms with Gasteiger partial charge >= 0.3 is 0 Å². The van der Waals surface area contributed by atoms with Gasteiger partial charge in [-0.25, -0.2) is 4.39 Å². The van der Waals surface area contributed by atoms with Gasteiger partial charge in [-0.05, 0) is 13.0 Å². The van der Waals surface area contributed by atoms with E-state index < -0.39 is 11.7 Å². The van der Waals surface area contributed by atoms with Crippen molar-refractivity contribution < 1.29 is 13.9 Å². The summed E-state index contributed by atoms with van der Waals surface area (Å²) in [6.45, 7) is 1.90. The molecule has 0 saturated carbocycles. The van der Waals surface area contributed by atoms with Crippen molar-refractivity contribution in [3.8, 4) is 5.75 Å². The van der Waals surface area contributed by atoms with Crippen molar-refractivity contribution in [1.82, 2.24) is 0 Å². The second-order valence-corrected chi connectivity index (χ2v) is 3.54. The maximum absolute atomic E-state index is 13.0. The molecule has 1 aromatic rings. The second-order valence-electron chi connectivity index (χ2n) is 3.54. The van der Waals surface area contributed by atoms with Gasteiger partial charge in [-0.2, -0.15) is 0 Å². The van der Waals surface area contributed by atoms with Crippen molar-refractivity contribution in [1.29, 1.82) is 0 Å². The second kappa shape index (κ2) is 5.46. The fourth-order valence-electron chi connectivity index (χ4n) is 1.27. The van der Waals surface area contributed by atoms with E-state index in [1.54, 1.807) is 13.0 Å². The Morgan fingerprint density at radius 1 is 1.56 bits per heavy atom. The van der Waals surface area contributed by atoms with Crippen LogP contribution in [0.3, 0.4) is 0 Å². The predicted octanol–water partition coefficient (Wildman–Crippen LogP) is 1.10. The van der Waals surface area contributed by atoms with Crippen molar-refractivity contribution >= 4 is 5.91 Å². The highest BCUT2D eigenvalue weighted by Gasteiger charge is 2.09. The summed E-state index contributed by atoms with van der Waals surface area (Å²) < 4.78 is 18.3. The smallest absolute Gasteiger partial charge is 0.220 e. The van der Waals surface area contributed by atoms with Crippen LogP contribution in [0.15, 0.2) is 18.2 Å². The molecule has 0 fully saturated rings. The van der Waals surface area contributed by atoms with Gasteiger partial charge in [-0.3, -0.25) is 4.79 Å². The average molecular weight is 226 g/mol. The first-order valence-corrected chi connectivity index (χ1v) is 4.97. The maximum atomic E-state index is 13.0. The third kappa shape index (κ3) is 3.51. The first-order valence-electron chi connectivity index (χ1n) is 4.97. The minimum atomic E-state index is -0.459. The van der Waals surface area contributed by atoms with E-state index >= 15 is 0 Å². The lowest BCUT2D eigenvalue weighted by atomic mass is 10.1. The van der Waals surface area contributed by atoms with E-state index in [0.717, 1.165) is 0 Å². The molecule has 1 aromatic carbocycles. The molecule has 0 aliphatic heterocycles. The first kappa shape index (κ1) is 12.4. The lowest BCUT2D eigenvalue weighted by Gasteiger charge is -2.13. The lowest BCUT2D eigenvalue weighted by molar-refractivity contribution is -0.118. The number of amides is 1. The molecule has 1 amide bonds. The molecule has 0 aliphatic rings. The first-order chi connectivity index (χ1) is 7.50. The Morgan fingerprint density at radius 3 is 2.81 bits per heavy atom. The van der Waals surface area contributed by atoms with E-state index in [0.29, 0.717) is 11.3 Å². The number of halogens is 1. The Hall–Kier alpha value is -1.62. The number of nitrogens with two attached hydrogens (primary N) is 2. The Kier molecular flexibility index (Phi) is 4.25. The van der Waals surface area contributed by atoms with Gasteiger partial charge in [-0.1, -0.05) is 6.07 Å². The van der Waals surface area contributed by atoms with Crippen molar-refractivity contribution in [3.63, 3.8) is 0 Å². The lowest BCUT2D eigenvalue weighted by Crippen LogP contribution is -2.15. The van der Waals surface area contributed by atoms with Crippen LogP contribution in [0.2, 0.25) is 0 Å². The molecular formula is C11H15FN2O2. The fraction of sp³-hybridized carbons (Fsp3) is 0.364. The van der Waals surface area contributed by atoms with Gasteiger partial charge in [-0.15, -0.1) is 0 Å². The van der Waals surface area contributed by atoms with Gasteiger partial charge in [0.1, 0.15) is 11.6 Å². The van der Waals surface area contributed by atoms with Crippen LogP contribution in [0.5, 0.6) is 5.75 Å². The summed E-state index contributed by atoms with van der Waals surface area (Å²) in [5, 5.41) is 0. The van der Waals surface area contributed by atoms with E-state index in [1.807, 2.05) is 0 Å². The number of carbonyl (C=O) groups excluding carboxylic acids is 1. The standard InChI is InChI=1S/C11H15FN2O2/c1-7(13)9-3-2-8(12)6-10(9)16-5-4-11(14)15/h2-3,6-7H,4-5,13H2,1H3,(H2,14,15)/t7-/m1/s1. The van der Waals surface area contributed by atoms with Crippen LogP contribution in [-0.2, 0) is 4.79 Å². The zero-order chi connectivity index (χ0) is 12.1. The number of primary amides is 1. The molecule has 0 unspecified atom stereocenters. The molecule has 16 heavy (non-hydrogen) atoms. The van der Waals surface area contributed by atoms with E-state index in [9.17, 15) is 9.18 Å². The van der Waals surface area contributed by atoms with Crippen LogP contribution in [0.4, 0.5) is 4.39 Å². The van der Waals surface area contributed by atoms with E-state index in [4.69, 9.17) is 16.2 Å². The van der Waals surface area contributed by atoms with Crippen LogP contribution in [0.1, 0.15) is 24.9 Å². The summed E-state index contributed by atoms with van der Waals surface area (Å²) in [6, 6.07) is 3.88. The van der Waals surface area contributed by atoms with E-state index in [-0.39, 0.29) is 19.1 Å². The van der Waals surface area contributed by atoms with Crippen LogP contribution >= 0.6 is 0 Å². The zero-order valence-electron chi connectivity index (χ0n) is 9.07. The number of hydrogen-bond acceptors (Lipinski definition) is 3. The monoisotopic (exact) mass is 226 g/mol. The number of benzene rings is 1. The molecule has 0 saturated heterocycles. The highest BCUT2D eigenvalue weighted by molar-refractivity contribution is 5.73. The fourth-order valence-corrected chi connectivity index (χ4v) is 1.27. The zero-order valence-corrected chi connectivity index (χ0v) is 9.07. The molecule has 0 aromatic heterocycles. The molecule has 0 radical (unpaired) electrons. The SMILES string of the molecule is C[C@@H](N)c1ccc(F)cc1OCCC(N)=O. The van der Waals surface area contributed by atoms with Crippen LogP contribution in [-0.4, -0.2) is 12.5 Å². The van der Waals surface area contributed by atoms with Gasteiger partial charge in [0, 0.05) is 17.7 Å². The summed E-state index contributed by atoms with van der Waals surface area (Å²) in [6.07, 6.45) is 0.0922. The minimum absolute atomic E-state index is 0.0922. The van der Waals surface area contributed by atoms with Crippen molar-refractivity contribution in [2.75, 3.05) is 6.61 Å². The molecule has 5 heteroatoms. The topological polar surface area (TPSA) is 78.3 Å². The summed E-state index contributed by atoms with van der Waals surface area (Å²) in [5.41, 5.74) is 11.4. The van der Waals surface area contributed by atoms with Gasteiger partial charge in [0.05, 0.1) is 13.0 Å². The molecule has 4 nitrogen and oxygen atoms in total. The predicted molar refractivity (Wildman–Crippen MR) is 58.3 cm³/mol. The van der Waals surface area contributed by atoms with Crippen molar-refractivity contribution in [3.05, 3.63) is 29.6 Å². The van der Waals surface area contributed by atoms with E-state index in [2.05, 4.69) is 0 Å². The summed E-state index contributed by atoms with van der Waals surface area (Å²) in [4.78, 5) is 10.5. The number of hydrogen-bond donors (Lipinski definition) is 2. The largest absolute Gasteiger partial charge is 0.493 e. The van der Waals surface area contributed by atoms with Gasteiger partial charge in [0.25, 0.3) is 0 Å². The number of rotatable bonds is 5. The van der Waals surface area contributed by atoms with Gasteiger partial charge in [0.2, 0.25) is 5.91 Å². The summed E-state index contributed by atoms with van der Waals surface area (Å²) in [7, 11) is 0. The van der Waals surface area contributed by atoms with Gasteiger partial charge in [0.15, 0.2) is 0 Å². The Balaban J connectivity index is 2.76. The van der Waals surface area contributed by atoms with Crippen molar-refractivity contribution in [2.45, 2.75) is 19.4 Å². The number of carbonyl (C=O) groups is 1. The third-order valence-corrected chi connectivity index (χ3v) is 2.07. The molecule has 1 atom stereocenters. The Bertz CT molecular complexity index is 380. The Morgan fingerprint density at radius 2 is 2.25 bits per heavy atom. The quantitative estimate of drug-likeness (QED) is 0.789. The molecule has 0 spiro atoms. The van der Waals surface area contributed by atoms with E-state index in [1.165, 1.54) is 12.1 Å².